The van der Waals surface area contributed by atoms with Crippen LogP contribution in [0.1, 0.15) is 162 Å². The van der Waals surface area contributed by atoms with E-state index in [1.165, 1.54) is 36.8 Å². The highest BCUT2D eigenvalue weighted by Crippen LogP contribution is 2.27. The summed E-state index contributed by atoms with van der Waals surface area (Å²) in [6.07, 6.45) is -1.59. The molecule has 0 unspecified atom stereocenters. The summed E-state index contributed by atoms with van der Waals surface area (Å²) >= 11 is 0. The first kappa shape index (κ1) is 114. The first-order valence-corrected chi connectivity index (χ1v) is 46.2. The molecule has 3 fully saturated rings. The van der Waals surface area contributed by atoms with Crippen molar-refractivity contribution in [2.24, 2.45) is 34.8 Å². The van der Waals surface area contributed by atoms with Gasteiger partial charge >= 0.3 is 17.9 Å². The number of hydrogen-bond donors (Lipinski definition) is 25. The van der Waals surface area contributed by atoms with E-state index in [-0.39, 0.29) is 96.8 Å². The average molecular weight is 1970 g/mol. The molecular formula is C89H131N23O28. The highest BCUT2D eigenvalue weighted by atomic mass is 16.4. The van der Waals surface area contributed by atoms with Gasteiger partial charge in [-0.05, 0) is 126 Å². The van der Waals surface area contributed by atoms with Crippen LogP contribution in [0.15, 0.2) is 60.8 Å². The molecule has 0 bridgehead atoms. The number of nitrogens with two attached hydrogens (primary N) is 4. The van der Waals surface area contributed by atoms with Gasteiger partial charge < -0.3 is 148 Å². The van der Waals surface area contributed by atoms with Gasteiger partial charge in [0.1, 0.15) is 90.6 Å². The zero-order valence-corrected chi connectivity index (χ0v) is 78.7. The topological polar surface area (TPSA) is 804 Å². The van der Waals surface area contributed by atoms with Crippen molar-refractivity contribution in [3.05, 3.63) is 71.9 Å². The van der Waals surface area contributed by atoms with Crippen LogP contribution < -0.4 is 103 Å². The predicted molar refractivity (Wildman–Crippen MR) is 493 cm³/mol. The van der Waals surface area contributed by atoms with Crippen LogP contribution in [-0.4, -0.2) is 337 Å². The standard InChI is InChI=1S/C89H131N23O28/c1-7-46(4)73(109-83(133)57(35-49-18-9-8-10-19-49)103-82(132)60(38-72(122)123)106-78(128)54(26-28-66(92)115)99-74(124)47(5)91)86(136)101-55(27-29-71(120)121)79(129)104-58(36-50-39-94-52-21-12-11-20-51(50)52)81(131)102-56(34-45(2)3)80(130)100-53(22-13-14-30-90)77(127)105-59(37-67(93)116)75(125)96-40-68(117)95-42-70(119)110-31-15-23-63(110)85(135)108-62(44-114)84(134)107-61(43-113)76(126)97-41-69(118)98-48(6)87(137)111-32-16-24-64(111)88(138)112-33-17-25-65(112)89(139)140/h8-12,18-21,39,45-48,53-65,73,94,113-114H,7,13-17,22-38,40-44,90-91H2,1-6H3,(H2,92,115)(H2,93,116)(H,95,117)(H,96,125)(H,97,126)(H,98,118)(H,99,124)(H,100,130)(H,101,136)(H,102,131)(H,103,132)(H,104,129)(H,105,127)(H,106,128)(H,107,134)(H,108,135)(H,109,133)(H,120,121)(H,122,123)(H,139,140)/t46-,47-,48-,53-,54-,55-,56-,57-,58-,59-,60-,61-,62-,63-,64-,65-,73-/m0/s1. The molecule has 0 radical (unpaired) electrons. The molecule has 6 rings (SSSR count). The summed E-state index contributed by atoms with van der Waals surface area (Å²) < 4.78 is 0. The van der Waals surface area contributed by atoms with Gasteiger partial charge in [-0.15, -0.1) is 0 Å². The fourth-order valence-electron chi connectivity index (χ4n) is 15.8. The fraction of sp³-hybridized carbons (Fsp3) is 0.584. The Balaban J connectivity index is 1.10. The van der Waals surface area contributed by atoms with Crippen LogP contribution in [0.3, 0.4) is 0 Å². The minimum atomic E-state index is -1.96. The quantitative estimate of drug-likeness (QED) is 0.0233. The molecule has 29 N–H and O–H groups in total. The van der Waals surface area contributed by atoms with Gasteiger partial charge in [0, 0.05) is 62.4 Å². The Hall–Kier alpha value is -14.4. The van der Waals surface area contributed by atoms with E-state index in [1.54, 1.807) is 75.4 Å². The number of para-hydroxylation sites is 1. The number of likely N-dealkylation sites (tertiary alicyclic amines) is 3. The van der Waals surface area contributed by atoms with Crippen molar-refractivity contribution < 1.29 is 136 Å². The Morgan fingerprint density at radius 3 is 1.50 bits per heavy atom. The minimum absolute atomic E-state index is 0.00816. The number of carbonyl (C=O) groups excluding carboxylic acids is 20. The Kier molecular flexibility index (Phi) is 46.1. The number of benzene rings is 2. The Morgan fingerprint density at radius 2 is 0.921 bits per heavy atom. The third-order valence-corrected chi connectivity index (χ3v) is 23.6. The molecular weight excluding hydrogens is 1840 g/mol. The molecule has 3 saturated heterocycles. The number of primary amides is 2. The smallest absolute Gasteiger partial charge is 0.326 e. The van der Waals surface area contributed by atoms with Crippen molar-refractivity contribution in [3.8, 4) is 0 Å². The molecule has 1 aromatic heterocycles. The number of amides is 20. The lowest BCUT2D eigenvalue weighted by Crippen LogP contribution is -2.62. The van der Waals surface area contributed by atoms with Gasteiger partial charge in [-0.2, -0.15) is 0 Å². The zero-order chi connectivity index (χ0) is 104. The number of aromatic nitrogens is 1. The number of fused-ring (bicyclic) bond motifs is 1. The molecule has 3 aliphatic heterocycles. The molecule has 0 saturated carbocycles. The third-order valence-electron chi connectivity index (χ3n) is 23.6. The van der Waals surface area contributed by atoms with Crippen molar-refractivity contribution in [1.29, 1.82) is 0 Å². The summed E-state index contributed by atoms with van der Waals surface area (Å²) in [5, 5.41) is 86.4. The summed E-state index contributed by atoms with van der Waals surface area (Å²) in [6, 6.07) is -9.85. The van der Waals surface area contributed by atoms with Crippen LogP contribution in [0.25, 0.3) is 10.9 Å². The number of rotatable bonds is 58. The monoisotopic (exact) mass is 1970 g/mol. The van der Waals surface area contributed by atoms with Gasteiger partial charge in [0.25, 0.3) is 0 Å². The maximum absolute atomic E-state index is 15.2. The van der Waals surface area contributed by atoms with Crippen molar-refractivity contribution in [3.63, 3.8) is 0 Å². The number of nitrogens with one attached hydrogen (secondary N) is 16. The number of aliphatic carboxylic acids is 3. The number of carboxylic acid groups (broad SMARTS) is 3. The van der Waals surface area contributed by atoms with E-state index < -0.39 is 316 Å². The molecule has 2 aromatic carbocycles. The predicted octanol–water partition coefficient (Wildman–Crippen LogP) is -8.77. The normalized spacial score (nSPS) is 17.4. The minimum Gasteiger partial charge on any atom is -0.481 e. The van der Waals surface area contributed by atoms with Crippen molar-refractivity contribution >= 4 is 147 Å². The number of H-pyrrole nitrogens is 1. The molecule has 0 aliphatic carbocycles. The van der Waals surface area contributed by atoms with Crippen molar-refractivity contribution in [2.45, 2.75) is 260 Å². The molecule has 4 heterocycles. The van der Waals surface area contributed by atoms with Gasteiger partial charge in [-0.1, -0.05) is 82.6 Å². The number of aliphatic hydroxyl groups excluding tert-OH is 2. The summed E-state index contributed by atoms with van der Waals surface area (Å²) in [4.78, 5) is 318. The third kappa shape index (κ3) is 35.9. The van der Waals surface area contributed by atoms with E-state index in [4.69, 9.17) is 22.9 Å². The molecule has 51 nitrogen and oxygen atoms in total. The number of aromatic amines is 1. The van der Waals surface area contributed by atoms with Gasteiger partial charge in [-0.25, -0.2) is 4.79 Å². The number of carboxylic acids is 3. The van der Waals surface area contributed by atoms with Crippen LogP contribution in [0, 0.1) is 11.8 Å². The second kappa shape index (κ2) is 56.5. The fourth-order valence-corrected chi connectivity index (χ4v) is 15.8. The molecule has 51 heteroatoms. The lowest BCUT2D eigenvalue weighted by molar-refractivity contribution is -0.152. The maximum Gasteiger partial charge on any atom is 0.326 e. The van der Waals surface area contributed by atoms with Gasteiger partial charge in [-0.3, -0.25) is 105 Å². The summed E-state index contributed by atoms with van der Waals surface area (Å²) in [5.41, 5.74) is 23.8. The largest absolute Gasteiger partial charge is 0.481 e. The Labute approximate surface area is 804 Å². The zero-order valence-electron chi connectivity index (χ0n) is 78.7. The van der Waals surface area contributed by atoms with E-state index in [0.29, 0.717) is 34.9 Å². The van der Waals surface area contributed by atoms with Crippen molar-refractivity contribution in [1.82, 2.24) is 99.4 Å². The SMILES string of the molecule is CC[C@H](C)[C@H](NC(=O)[C@H](Cc1ccccc1)NC(=O)[C@H](CC(=O)O)NC(=O)[C@H](CCC(N)=O)NC(=O)[C@H](C)N)C(=O)N[C@@H](CCC(=O)O)C(=O)N[C@@H](Cc1c[nH]c2ccccc12)C(=O)N[C@@H](CC(C)C)C(=O)N[C@@H](CCCCN)C(=O)N[C@@H](CC(N)=O)C(=O)NCC(=O)NCC(=O)N1CCC[C@H]1C(=O)N[C@@H](CO)C(=O)N[C@@H](CO)C(=O)NCC(=O)N[C@@H](C)C(=O)N1CCC[C@H]1C(=O)N1CCC[C@H]1C(=O)O. The van der Waals surface area contributed by atoms with E-state index in [9.17, 15) is 126 Å². The number of carbonyl (C=O) groups is 23. The van der Waals surface area contributed by atoms with Crippen LogP contribution in [0.2, 0.25) is 0 Å². The summed E-state index contributed by atoms with van der Waals surface area (Å²) in [5.74, 6) is -25.6. The number of hydrogen-bond acceptors (Lipinski definition) is 27. The highest BCUT2D eigenvalue weighted by Gasteiger charge is 2.45. The number of aliphatic hydroxyl groups is 2. The summed E-state index contributed by atoms with van der Waals surface area (Å²) in [7, 11) is 0. The van der Waals surface area contributed by atoms with Crippen LogP contribution in [0.5, 0.6) is 0 Å². The molecule has 3 aromatic rings. The highest BCUT2D eigenvalue weighted by molar-refractivity contribution is 6.03. The number of unbranched alkanes of at least 4 members (excludes halogenated alkanes) is 1. The molecule has 17 atom stereocenters. The lowest BCUT2D eigenvalue weighted by Gasteiger charge is -2.31. The molecule has 20 amide bonds. The first-order chi connectivity index (χ1) is 66.3. The van der Waals surface area contributed by atoms with E-state index >= 15 is 9.59 Å². The Bertz CT molecular complexity index is 4940. The first-order valence-electron chi connectivity index (χ1n) is 46.2. The molecule has 0 spiro atoms. The maximum atomic E-state index is 15.2. The van der Waals surface area contributed by atoms with Gasteiger partial charge in [0.05, 0.1) is 51.7 Å². The lowest BCUT2D eigenvalue weighted by atomic mass is 9.96. The van der Waals surface area contributed by atoms with E-state index in [0.717, 1.165) is 4.90 Å². The molecule has 3 aliphatic rings. The van der Waals surface area contributed by atoms with Gasteiger partial charge in [0.15, 0.2) is 0 Å². The number of nitrogens with zero attached hydrogens (tertiary/aromatic N) is 3. The second-order valence-corrected chi connectivity index (χ2v) is 35.0. The van der Waals surface area contributed by atoms with Crippen LogP contribution in [0.4, 0.5) is 0 Å². The second-order valence-electron chi connectivity index (χ2n) is 35.0. The van der Waals surface area contributed by atoms with E-state index in [2.05, 4.69) is 84.7 Å². The van der Waals surface area contributed by atoms with E-state index in [1.807, 2.05) is 0 Å². The van der Waals surface area contributed by atoms with Crippen LogP contribution >= 0.6 is 0 Å². The average Bonchev–Trinajstić information content (AvgIpc) is 1.67. The van der Waals surface area contributed by atoms with Gasteiger partial charge in [0.2, 0.25) is 118 Å². The molecule has 770 valence electrons. The van der Waals surface area contributed by atoms with Crippen LogP contribution in [-0.2, 0) is 123 Å². The summed E-state index contributed by atoms with van der Waals surface area (Å²) in [6.45, 7) is 4.91. The molecule has 140 heavy (non-hydrogen) atoms. The Morgan fingerprint density at radius 1 is 0.443 bits per heavy atom. The van der Waals surface area contributed by atoms with Crippen molar-refractivity contribution in [2.75, 3.05) is 59.0 Å².